The molecule has 2 bridgehead atoms. The Labute approximate surface area is 96.4 Å². The van der Waals surface area contributed by atoms with Crippen LogP contribution in [0, 0.1) is 5.92 Å². The van der Waals surface area contributed by atoms with Gasteiger partial charge in [0, 0.05) is 20.2 Å². The first kappa shape index (κ1) is 10.3. The van der Waals surface area contributed by atoms with E-state index in [1.807, 2.05) is 6.07 Å². The van der Waals surface area contributed by atoms with Crippen molar-refractivity contribution in [1.82, 2.24) is 10.4 Å². The van der Waals surface area contributed by atoms with Crippen LogP contribution >= 0.6 is 0 Å². The van der Waals surface area contributed by atoms with Crippen LogP contribution in [0.1, 0.15) is 18.1 Å². The molecule has 1 radical (unpaired) electrons. The van der Waals surface area contributed by atoms with Crippen LogP contribution in [0.15, 0.2) is 30.3 Å². The van der Waals surface area contributed by atoms with Gasteiger partial charge in [0.15, 0.2) is 0 Å². The van der Waals surface area contributed by atoms with E-state index in [1.165, 1.54) is 12.0 Å². The summed E-state index contributed by atoms with van der Waals surface area (Å²) in [5.74, 6) is 0.685. The van der Waals surface area contributed by atoms with Gasteiger partial charge in [-0.2, -0.15) is 5.43 Å². The lowest BCUT2D eigenvalue weighted by atomic mass is 9.91. The molecule has 2 aliphatic rings. The van der Waals surface area contributed by atoms with Crippen LogP contribution < -0.4 is 5.43 Å². The number of benzene rings is 1. The summed E-state index contributed by atoms with van der Waals surface area (Å²) in [6.07, 6.45) is 1.39. The van der Waals surface area contributed by atoms with Crippen molar-refractivity contribution < 1.29 is 4.74 Å². The topological polar surface area (TPSA) is 26.6 Å². The summed E-state index contributed by atoms with van der Waals surface area (Å²) >= 11 is 0. The maximum atomic E-state index is 5.65. The zero-order valence-electron chi connectivity index (χ0n) is 9.54. The van der Waals surface area contributed by atoms with Gasteiger partial charge in [-0.15, -0.1) is 0 Å². The number of fused-ring (bicyclic) bond motifs is 2. The van der Waals surface area contributed by atoms with Crippen LogP contribution in [0.5, 0.6) is 0 Å². The SMILES string of the molecule is COC(c1ccccc1)C1[N]N2CCC1C2. The van der Waals surface area contributed by atoms with Crippen LogP contribution in [0.4, 0.5) is 0 Å². The Morgan fingerprint density at radius 2 is 2.19 bits per heavy atom. The molecule has 2 aliphatic heterocycles. The van der Waals surface area contributed by atoms with E-state index < -0.39 is 0 Å². The minimum Gasteiger partial charge on any atom is -0.375 e. The molecule has 0 amide bonds. The quantitative estimate of drug-likeness (QED) is 0.768. The van der Waals surface area contributed by atoms with E-state index in [9.17, 15) is 0 Å². The van der Waals surface area contributed by atoms with E-state index >= 15 is 0 Å². The lowest BCUT2D eigenvalue weighted by Crippen LogP contribution is -2.38. The third kappa shape index (κ3) is 1.65. The highest BCUT2D eigenvalue weighted by Crippen LogP contribution is 2.36. The van der Waals surface area contributed by atoms with Crippen molar-refractivity contribution in [3.63, 3.8) is 0 Å². The molecule has 2 saturated heterocycles. The molecule has 4 atom stereocenters. The molecule has 0 aliphatic carbocycles. The predicted molar refractivity (Wildman–Crippen MR) is 61.8 cm³/mol. The second-order valence-corrected chi connectivity index (χ2v) is 4.63. The maximum Gasteiger partial charge on any atom is 0.101 e. The summed E-state index contributed by atoms with van der Waals surface area (Å²) in [6.45, 7) is 2.25. The van der Waals surface area contributed by atoms with E-state index in [0.717, 1.165) is 13.1 Å². The van der Waals surface area contributed by atoms with Gasteiger partial charge in [-0.05, 0) is 17.9 Å². The number of ether oxygens (including phenoxy) is 1. The van der Waals surface area contributed by atoms with E-state index in [2.05, 4.69) is 29.3 Å². The fourth-order valence-electron chi connectivity index (χ4n) is 2.86. The summed E-state index contributed by atoms with van der Waals surface area (Å²) in [5, 5.41) is 2.20. The van der Waals surface area contributed by atoms with Crippen molar-refractivity contribution in [2.45, 2.75) is 18.6 Å². The largest absolute Gasteiger partial charge is 0.375 e. The zero-order chi connectivity index (χ0) is 11.0. The first-order valence-electron chi connectivity index (χ1n) is 5.92. The molecule has 2 heterocycles. The smallest absolute Gasteiger partial charge is 0.101 e. The van der Waals surface area contributed by atoms with Gasteiger partial charge in [0.1, 0.15) is 6.10 Å². The summed E-state index contributed by atoms with van der Waals surface area (Å²) < 4.78 is 5.65. The predicted octanol–water partition coefficient (Wildman–Crippen LogP) is 1.60. The Bertz CT molecular complexity index is 354. The van der Waals surface area contributed by atoms with Gasteiger partial charge in [0.2, 0.25) is 0 Å². The Kier molecular flexibility index (Phi) is 2.67. The molecule has 2 fully saturated rings. The van der Waals surface area contributed by atoms with Gasteiger partial charge >= 0.3 is 0 Å². The van der Waals surface area contributed by atoms with Crippen molar-refractivity contribution in [2.75, 3.05) is 20.2 Å². The standard InChI is InChI=1S/C13H17N2O/c1-16-13(10-5-3-2-4-6-10)12-11-7-8-15(9-11)14-12/h2-6,11-13H,7-9H2,1H3. The van der Waals surface area contributed by atoms with Gasteiger partial charge in [-0.3, -0.25) is 0 Å². The normalized spacial score (nSPS) is 34.2. The van der Waals surface area contributed by atoms with E-state index in [-0.39, 0.29) is 6.10 Å². The Morgan fingerprint density at radius 3 is 2.75 bits per heavy atom. The summed E-state index contributed by atoms with van der Waals surface area (Å²) in [7, 11) is 1.79. The second-order valence-electron chi connectivity index (χ2n) is 4.63. The lowest BCUT2D eigenvalue weighted by molar-refractivity contribution is 0.0359. The first-order chi connectivity index (χ1) is 7.88. The molecule has 3 nitrogen and oxygen atoms in total. The molecule has 85 valence electrons. The van der Waals surface area contributed by atoms with Crippen molar-refractivity contribution in [2.24, 2.45) is 5.92 Å². The molecule has 4 unspecified atom stereocenters. The van der Waals surface area contributed by atoms with Gasteiger partial charge in [-0.1, -0.05) is 30.3 Å². The fraction of sp³-hybridized carbons (Fsp3) is 0.538. The highest BCUT2D eigenvalue weighted by molar-refractivity contribution is 5.20. The zero-order valence-corrected chi connectivity index (χ0v) is 9.54. The van der Waals surface area contributed by atoms with E-state index in [4.69, 9.17) is 10.2 Å². The third-order valence-corrected chi connectivity index (χ3v) is 3.68. The highest BCUT2D eigenvalue weighted by atomic mass is 16.5. The lowest BCUT2D eigenvalue weighted by Gasteiger charge is -2.28. The molecular weight excluding hydrogens is 200 g/mol. The van der Waals surface area contributed by atoms with Crippen LogP contribution in [0.2, 0.25) is 0 Å². The minimum absolute atomic E-state index is 0.122. The minimum atomic E-state index is 0.122. The molecular formula is C13H17N2O. The molecule has 3 heteroatoms. The number of hydrogen-bond acceptors (Lipinski definition) is 2. The summed E-state index contributed by atoms with van der Waals surface area (Å²) in [4.78, 5) is 0. The van der Waals surface area contributed by atoms with E-state index in [0.29, 0.717) is 12.0 Å². The molecule has 0 aromatic heterocycles. The molecule has 16 heavy (non-hydrogen) atoms. The summed E-state index contributed by atoms with van der Waals surface area (Å²) in [5.41, 5.74) is 5.96. The molecule has 3 rings (SSSR count). The average Bonchev–Trinajstić information content (AvgIpc) is 2.94. The molecule has 0 N–H and O–H groups in total. The van der Waals surface area contributed by atoms with Gasteiger partial charge < -0.3 is 4.74 Å². The number of hydrogen-bond donors (Lipinski definition) is 0. The highest BCUT2D eigenvalue weighted by Gasteiger charge is 2.43. The van der Waals surface area contributed by atoms with E-state index in [1.54, 1.807) is 7.11 Å². The van der Waals surface area contributed by atoms with Crippen LogP contribution in [0.3, 0.4) is 0 Å². The number of nitrogens with zero attached hydrogens (tertiary/aromatic N) is 2. The first-order valence-corrected chi connectivity index (χ1v) is 5.92. The second kappa shape index (κ2) is 4.17. The van der Waals surface area contributed by atoms with Crippen LogP contribution in [-0.2, 0) is 4.74 Å². The number of rotatable bonds is 3. The fourth-order valence-corrected chi connectivity index (χ4v) is 2.86. The van der Waals surface area contributed by atoms with Gasteiger partial charge in [0.25, 0.3) is 0 Å². The summed E-state index contributed by atoms with van der Waals surface area (Å²) in [6, 6.07) is 10.7. The molecule has 0 saturated carbocycles. The molecule has 1 aromatic rings. The third-order valence-electron chi connectivity index (χ3n) is 3.68. The molecule has 0 spiro atoms. The van der Waals surface area contributed by atoms with Gasteiger partial charge in [-0.25, -0.2) is 5.01 Å². The average molecular weight is 217 g/mol. The van der Waals surface area contributed by atoms with Crippen molar-refractivity contribution in [3.05, 3.63) is 35.9 Å². The molecule has 1 aromatic carbocycles. The van der Waals surface area contributed by atoms with Crippen molar-refractivity contribution >= 4 is 0 Å². The van der Waals surface area contributed by atoms with Crippen molar-refractivity contribution in [1.29, 1.82) is 0 Å². The number of methoxy groups -OCH3 is 1. The Morgan fingerprint density at radius 1 is 1.38 bits per heavy atom. The monoisotopic (exact) mass is 217 g/mol. The van der Waals surface area contributed by atoms with Crippen molar-refractivity contribution in [3.8, 4) is 0 Å². The van der Waals surface area contributed by atoms with Crippen LogP contribution in [0.25, 0.3) is 0 Å². The Balaban J connectivity index is 1.81. The maximum absolute atomic E-state index is 5.65. The van der Waals surface area contributed by atoms with Gasteiger partial charge in [0.05, 0.1) is 6.04 Å². The van der Waals surface area contributed by atoms with Crippen LogP contribution in [-0.4, -0.2) is 31.3 Å². The Hall–Kier alpha value is -0.900.